The number of hydrogen-bond donors (Lipinski definition) is 4. The molecule has 0 spiro atoms. The van der Waals surface area contributed by atoms with Crippen LogP contribution in [0.25, 0.3) is 0 Å². The van der Waals surface area contributed by atoms with Gasteiger partial charge < -0.3 is 22.1 Å². The summed E-state index contributed by atoms with van der Waals surface area (Å²) in [6.45, 7) is 1.81. The van der Waals surface area contributed by atoms with Gasteiger partial charge >= 0.3 is 0 Å². The third-order valence-electron chi connectivity index (χ3n) is 7.61. The van der Waals surface area contributed by atoms with Crippen molar-refractivity contribution in [1.82, 2.24) is 9.97 Å². The molecule has 0 unspecified atom stereocenters. The number of fused-ring (bicyclic) bond motifs is 2. The lowest BCUT2D eigenvalue weighted by atomic mass is 9.88. The Kier molecular flexibility index (Phi) is 9.72. The van der Waals surface area contributed by atoms with Crippen molar-refractivity contribution in [1.29, 1.82) is 0 Å². The third-order valence-corrected chi connectivity index (χ3v) is 8.01. The van der Waals surface area contributed by atoms with E-state index in [0.29, 0.717) is 21.3 Å². The average molecular weight is 618 g/mol. The van der Waals surface area contributed by atoms with Crippen molar-refractivity contribution in [3.05, 3.63) is 116 Å². The number of benzene rings is 2. The molecule has 43 heavy (non-hydrogen) atoms. The first-order valence-corrected chi connectivity index (χ1v) is 15.0. The highest BCUT2D eigenvalue weighted by Crippen LogP contribution is 2.26. The van der Waals surface area contributed by atoms with Crippen LogP contribution in [0.4, 0.5) is 11.4 Å². The van der Waals surface area contributed by atoms with Gasteiger partial charge in [-0.2, -0.15) is 0 Å². The number of nitrogens with one attached hydrogen (secondary N) is 2. The number of anilines is 2. The van der Waals surface area contributed by atoms with Crippen molar-refractivity contribution < 1.29 is 9.59 Å². The second-order valence-corrected chi connectivity index (χ2v) is 11.9. The molecule has 2 aliphatic rings. The molecule has 6 rings (SSSR count). The summed E-state index contributed by atoms with van der Waals surface area (Å²) < 4.78 is 0. The maximum atomic E-state index is 12.3. The number of carbonyl (C=O) groups is 2. The Hall–Kier alpha value is -3.82. The molecule has 10 heteroatoms. The van der Waals surface area contributed by atoms with Gasteiger partial charge in [-0.3, -0.25) is 14.6 Å². The zero-order valence-corrected chi connectivity index (χ0v) is 25.4. The molecule has 0 bridgehead atoms. The fourth-order valence-corrected chi connectivity index (χ4v) is 5.85. The Labute approximate surface area is 261 Å². The summed E-state index contributed by atoms with van der Waals surface area (Å²) in [7, 11) is 0. The molecule has 4 aromatic rings. The number of aromatic nitrogens is 2. The van der Waals surface area contributed by atoms with Crippen LogP contribution in [0.2, 0.25) is 10.2 Å². The third kappa shape index (κ3) is 8.18. The molecule has 2 atom stereocenters. The van der Waals surface area contributed by atoms with E-state index in [-0.39, 0.29) is 23.9 Å². The smallest absolute Gasteiger partial charge is 0.257 e. The molecule has 222 valence electrons. The average Bonchev–Trinajstić information content (AvgIpc) is 2.97. The molecular weight excluding hydrogens is 583 g/mol. The zero-order chi connectivity index (χ0) is 30.5. The molecular formula is C33H34Cl2N6O2. The summed E-state index contributed by atoms with van der Waals surface area (Å²) in [5, 5.41) is 6.57. The van der Waals surface area contributed by atoms with E-state index < -0.39 is 0 Å². The van der Waals surface area contributed by atoms with Gasteiger partial charge in [0, 0.05) is 47.1 Å². The first-order chi connectivity index (χ1) is 20.6. The zero-order valence-electron chi connectivity index (χ0n) is 23.9. The Morgan fingerprint density at radius 1 is 0.744 bits per heavy atom. The summed E-state index contributed by atoms with van der Waals surface area (Å²) in [6, 6.07) is 17.4. The molecule has 0 fully saturated rings. The predicted octanol–water partition coefficient (Wildman–Crippen LogP) is 5.92. The lowest BCUT2D eigenvalue weighted by Gasteiger charge is -2.22. The summed E-state index contributed by atoms with van der Waals surface area (Å²) in [6.07, 6.45) is 8.70. The summed E-state index contributed by atoms with van der Waals surface area (Å²) in [5.74, 6) is -0.391. The fraction of sp³-hybridized carbons (Fsp3) is 0.273. The van der Waals surface area contributed by atoms with E-state index in [4.69, 9.17) is 34.7 Å². The number of nitrogens with zero attached hydrogens (tertiary/aromatic N) is 2. The number of nitrogens with two attached hydrogens (primary N) is 2. The fourth-order valence-electron chi connectivity index (χ4n) is 5.42. The van der Waals surface area contributed by atoms with Crippen molar-refractivity contribution in [3.8, 4) is 0 Å². The highest BCUT2D eigenvalue weighted by molar-refractivity contribution is 6.31. The van der Waals surface area contributed by atoms with Crippen molar-refractivity contribution in [3.63, 3.8) is 0 Å². The van der Waals surface area contributed by atoms with E-state index in [2.05, 4.69) is 26.7 Å². The molecule has 2 aromatic carbocycles. The van der Waals surface area contributed by atoms with Crippen molar-refractivity contribution in [2.45, 2.75) is 57.5 Å². The SMILES string of the molecule is Cc1cc(C(=O)Nc2ccc3c(c2)CC[C@H](N)C3)cc(Cl)n1.N[C@H]1CCc2cc(NC(=O)c3cncc(Cl)c3)ccc2C1. The number of pyridine rings is 2. The van der Waals surface area contributed by atoms with Crippen LogP contribution in [-0.4, -0.2) is 33.9 Å². The number of halogens is 2. The van der Waals surface area contributed by atoms with Gasteiger partial charge in [-0.25, -0.2) is 4.98 Å². The Bertz CT molecular complexity index is 1640. The highest BCUT2D eigenvalue weighted by Gasteiger charge is 2.18. The monoisotopic (exact) mass is 616 g/mol. The molecule has 2 aromatic heterocycles. The van der Waals surface area contributed by atoms with Crippen molar-refractivity contribution >= 4 is 46.4 Å². The van der Waals surface area contributed by atoms with E-state index in [1.165, 1.54) is 34.6 Å². The van der Waals surface area contributed by atoms with Crippen LogP contribution >= 0.6 is 23.2 Å². The molecule has 2 aliphatic carbocycles. The van der Waals surface area contributed by atoms with E-state index in [9.17, 15) is 9.59 Å². The topological polar surface area (TPSA) is 136 Å². The number of aryl methyl sites for hydroxylation is 3. The number of amides is 2. The summed E-state index contributed by atoms with van der Waals surface area (Å²) in [5.41, 5.74) is 20.3. The molecule has 0 saturated carbocycles. The van der Waals surface area contributed by atoms with Crippen LogP contribution < -0.4 is 22.1 Å². The van der Waals surface area contributed by atoms with Crippen LogP contribution in [0, 0.1) is 6.92 Å². The second kappa shape index (κ2) is 13.7. The van der Waals surface area contributed by atoms with Crippen LogP contribution in [0.5, 0.6) is 0 Å². The largest absolute Gasteiger partial charge is 0.327 e. The summed E-state index contributed by atoms with van der Waals surface area (Å²) >= 11 is 11.7. The predicted molar refractivity (Wildman–Crippen MR) is 172 cm³/mol. The quantitative estimate of drug-likeness (QED) is 0.210. The number of rotatable bonds is 4. The van der Waals surface area contributed by atoms with Gasteiger partial charge in [-0.1, -0.05) is 35.3 Å². The molecule has 8 nitrogen and oxygen atoms in total. The first kappa shape index (κ1) is 30.6. The Morgan fingerprint density at radius 3 is 1.84 bits per heavy atom. The molecule has 0 saturated heterocycles. The minimum absolute atomic E-state index is 0.181. The molecule has 0 aliphatic heterocycles. The van der Waals surface area contributed by atoms with Crippen molar-refractivity contribution in [2.75, 3.05) is 10.6 Å². The lowest BCUT2D eigenvalue weighted by molar-refractivity contribution is 0.101. The van der Waals surface area contributed by atoms with Crippen LogP contribution in [-0.2, 0) is 25.7 Å². The molecule has 6 N–H and O–H groups in total. The number of carbonyl (C=O) groups excluding carboxylic acids is 2. The number of hydrogen-bond acceptors (Lipinski definition) is 6. The molecule has 0 radical (unpaired) electrons. The van der Waals surface area contributed by atoms with Crippen LogP contribution in [0.1, 0.15) is 61.5 Å². The van der Waals surface area contributed by atoms with E-state index in [0.717, 1.165) is 55.6 Å². The lowest BCUT2D eigenvalue weighted by Crippen LogP contribution is -2.27. The van der Waals surface area contributed by atoms with Crippen LogP contribution in [0.15, 0.2) is 67.0 Å². The van der Waals surface area contributed by atoms with E-state index in [1.54, 1.807) is 18.2 Å². The van der Waals surface area contributed by atoms with E-state index >= 15 is 0 Å². The van der Waals surface area contributed by atoms with Gasteiger partial charge in [0.1, 0.15) is 5.15 Å². The van der Waals surface area contributed by atoms with Crippen LogP contribution in [0.3, 0.4) is 0 Å². The van der Waals surface area contributed by atoms with Gasteiger partial charge in [0.05, 0.1) is 10.6 Å². The van der Waals surface area contributed by atoms with E-state index in [1.807, 2.05) is 37.3 Å². The maximum Gasteiger partial charge on any atom is 0.257 e. The highest BCUT2D eigenvalue weighted by atomic mass is 35.5. The minimum Gasteiger partial charge on any atom is -0.327 e. The van der Waals surface area contributed by atoms with Gasteiger partial charge in [0.15, 0.2) is 0 Å². The molecule has 2 amide bonds. The van der Waals surface area contributed by atoms with Gasteiger partial charge in [-0.15, -0.1) is 0 Å². The minimum atomic E-state index is -0.211. The summed E-state index contributed by atoms with van der Waals surface area (Å²) in [4.78, 5) is 32.5. The van der Waals surface area contributed by atoms with Crippen molar-refractivity contribution in [2.24, 2.45) is 11.5 Å². The van der Waals surface area contributed by atoms with Gasteiger partial charge in [0.2, 0.25) is 0 Å². The second-order valence-electron chi connectivity index (χ2n) is 11.1. The first-order valence-electron chi connectivity index (χ1n) is 14.2. The Balaban J connectivity index is 0.000000171. The standard InChI is InChI=1S/C17H18ClN3O.C16H16ClN3O/c1-10-6-13(9-16(18)20-10)17(22)21-15-5-3-11-7-14(19)4-2-12(11)8-15;17-13-5-12(8-19-9-13)16(21)20-15-4-2-10-6-14(18)3-1-11(10)7-15/h3,5-6,8-9,14H,2,4,7,19H2,1H3,(H,21,22);2,4-5,7-9,14H,1,3,6,18H2,(H,20,21)/t2*14-/m00/s1. The Morgan fingerprint density at radius 2 is 1.30 bits per heavy atom. The molecule has 2 heterocycles. The van der Waals surface area contributed by atoms with Gasteiger partial charge in [0.25, 0.3) is 11.8 Å². The maximum absolute atomic E-state index is 12.3. The normalized spacial score (nSPS) is 17.0. The van der Waals surface area contributed by atoms with Gasteiger partial charge in [-0.05, 0) is 110 Å².